The molecular formula is C15H12N2O2. The minimum Gasteiger partial charge on any atom is -0.478 e. The summed E-state index contributed by atoms with van der Waals surface area (Å²) in [7, 11) is 1.75. The van der Waals surface area contributed by atoms with E-state index in [2.05, 4.69) is 5.10 Å². The van der Waals surface area contributed by atoms with E-state index in [0.29, 0.717) is 5.69 Å². The maximum Gasteiger partial charge on any atom is 0.339 e. The molecule has 0 aliphatic rings. The number of hydrogen-bond acceptors (Lipinski definition) is 2. The summed E-state index contributed by atoms with van der Waals surface area (Å²) in [5.74, 6) is -0.962. The Labute approximate surface area is 109 Å². The van der Waals surface area contributed by atoms with Crippen LogP contribution in [0.1, 0.15) is 10.4 Å². The lowest BCUT2D eigenvalue weighted by Gasteiger charge is -2.06. The quantitative estimate of drug-likeness (QED) is 0.763. The van der Waals surface area contributed by atoms with E-state index in [0.717, 1.165) is 16.3 Å². The highest BCUT2D eigenvalue weighted by atomic mass is 16.4. The minimum atomic E-state index is -0.962. The Morgan fingerprint density at radius 1 is 1.16 bits per heavy atom. The standard InChI is InChI=1S/C15H12N2O2/c1-17-14(13(9-16-17)15(18)19)12-7-6-10-4-2-3-5-11(10)8-12/h2-9H,1H3,(H,18,19). The zero-order chi connectivity index (χ0) is 13.4. The van der Waals surface area contributed by atoms with Crippen LogP contribution < -0.4 is 0 Å². The van der Waals surface area contributed by atoms with E-state index in [4.69, 9.17) is 0 Å². The number of carboxylic acids is 1. The first-order chi connectivity index (χ1) is 9.16. The molecule has 0 fully saturated rings. The number of hydrogen-bond donors (Lipinski definition) is 1. The third-order valence-corrected chi connectivity index (χ3v) is 3.19. The first kappa shape index (κ1) is 11.5. The first-order valence-electron chi connectivity index (χ1n) is 5.91. The Balaban J connectivity index is 2.24. The number of aryl methyl sites for hydroxylation is 1. The fourth-order valence-electron chi connectivity index (χ4n) is 2.27. The molecule has 1 N–H and O–H groups in total. The van der Waals surface area contributed by atoms with E-state index in [9.17, 15) is 9.90 Å². The van der Waals surface area contributed by atoms with Gasteiger partial charge in [0.15, 0.2) is 0 Å². The van der Waals surface area contributed by atoms with Gasteiger partial charge in [-0.2, -0.15) is 5.10 Å². The Bertz CT molecular complexity index is 775. The number of rotatable bonds is 2. The van der Waals surface area contributed by atoms with E-state index in [1.807, 2.05) is 42.5 Å². The van der Waals surface area contributed by atoms with Crippen LogP contribution in [0, 0.1) is 0 Å². The van der Waals surface area contributed by atoms with Crippen molar-refractivity contribution in [2.45, 2.75) is 0 Å². The Morgan fingerprint density at radius 2 is 1.89 bits per heavy atom. The highest BCUT2D eigenvalue weighted by Crippen LogP contribution is 2.26. The zero-order valence-electron chi connectivity index (χ0n) is 10.4. The zero-order valence-corrected chi connectivity index (χ0v) is 10.4. The summed E-state index contributed by atoms with van der Waals surface area (Å²) in [6.45, 7) is 0. The molecule has 0 aliphatic carbocycles. The van der Waals surface area contributed by atoms with Crippen molar-refractivity contribution in [3.05, 3.63) is 54.2 Å². The fourth-order valence-corrected chi connectivity index (χ4v) is 2.27. The van der Waals surface area contributed by atoms with Gasteiger partial charge in [0.2, 0.25) is 0 Å². The average molecular weight is 252 g/mol. The van der Waals surface area contributed by atoms with Gasteiger partial charge in [-0.1, -0.05) is 36.4 Å². The number of carbonyl (C=O) groups is 1. The molecule has 94 valence electrons. The predicted molar refractivity (Wildman–Crippen MR) is 73.1 cm³/mol. The van der Waals surface area contributed by atoms with Gasteiger partial charge in [0, 0.05) is 12.6 Å². The molecule has 0 aliphatic heterocycles. The van der Waals surface area contributed by atoms with Gasteiger partial charge in [-0.3, -0.25) is 4.68 Å². The lowest BCUT2D eigenvalue weighted by Crippen LogP contribution is -2.00. The molecule has 1 aromatic heterocycles. The molecule has 0 saturated carbocycles. The Hall–Kier alpha value is -2.62. The molecule has 3 aromatic rings. The van der Waals surface area contributed by atoms with Crippen molar-refractivity contribution in [1.29, 1.82) is 0 Å². The van der Waals surface area contributed by atoms with E-state index in [-0.39, 0.29) is 5.56 Å². The van der Waals surface area contributed by atoms with Crippen LogP contribution in [-0.4, -0.2) is 20.9 Å². The Kier molecular flexibility index (Phi) is 2.56. The smallest absolute Gasteiger partial charge is 0.339 e. The van der Waals surface area contributed by atoms with Crippen LogP contribution in [0.2, 0.25) is 0 Å². The van der Waals surface area contributed by atoms with Gasteiger partial charge >= 0.3 is 5.97 Å². The summed E-state index contributed by atoms with van der Waals surface area (Å²) >= 11 is 0. The highest BCUT2D eigenvalue weighted by Gasteiger charge is 2.16. The lowest BCUT2D eigenvalue weighted by molar-refractivity contribution is 0.0697. The van der Waals surface area contributed by atoms with Gasteiger partial charge in [0.25, 0.3) is 0 Å². The summed E-state index contributed by atoms with van der Waals surface area (Å²) in [4.78, 5) is 11.2. The lowest BCUT2D eigenvalue weighted by atomic mass is 10.0. The van der Waals surface area contributed by atoms with Crippen LogP contribution in [0.15, 0.2) is 48.7 Å². The molecule has 0 spiro atoms. The molecule has 1 heterocycles. The molecule has 19 heavy (non-hydrogen) atoms. The molecular weight excluding hydrogens is 240 g/mol. The summed E-state index contributed by atoms with van der Waals surface area (Å²) in [6.07, 6.45) is 1.38. The van der Waals surface area contributed by atoms with E-state index in [1.165, 1.54) is 6.20 Å². The molecule has 3 rings (SSSR count). The van der Waals surface area contributed by atoms with Gasteiger partial charge in [0.05, 0.1) is 11.9 Å². The monoisotopic (exact) mass is 252 g/mol. The van der Waals surface area contributed by atoms with Crippen LogP contribution in [0.3, 0.4) is 0 Å². The SMILES string of the molecule is Cn1ncc(C(=O)O)c1-c1ccc2ccccc2c1. The Morgan fingerprint density at radius 3 is 2.63 bits per heavy atom. The molecule has 0 bridgehead atoms. The first-order valence-corrected chi connectivity index (χ1v) is 5.91. The maximum atomic E-state index is 11.2. The molecule has 0 saturated heterocycles. The molecule has 4 nitrogen and oxygen atoms in total. The van der Waals surface area contributed by atoms with Crippen LogP contribution in [0.4, 0.5) is 0 Å². The molecule has 4 heteroatoms. The molecule has 0 atom stereocenters. The van der Waals surface area contributed by atoms with Crippen LogP contribution >= 0.6 is 0 Å². The van der Waals surface area contributed by atoms with Crippen molar-refractivity contribution >= 4 is 16.7 Å². The number of aromatic nitrogens is 2. The second-order valence-corrected chi connectivity index (χ2v) is 4.40. The van der Waals surface area contributed by atoms with Crippen molar-refractivity contribution in [2.24, 2.45) is 7.05 Å². The second-order valence-electron chi connectivity index (χ2n) is 4.40. The summed E-state index contributed by atoms with van der Waals surface area (Å²) in [6, 6.07) is 13.9. The van der Waals surface area contributed by atoms with E-state index >= 15 is 0 Å². The van der Waals surface area contributed by atoms with Crippen molar-refractivity contribution in [1.82, 2.24) is 9.78 Å². The second kappa shape index (κ2) is 4.24. The number of aromatic carboxylic acids is 1. The fraction of sp³-hybridized carbons (Fsp3) is 0.0667. The van der Waals surface area contributed by atoms with Gasteiger partial charge in [-0.05, 0) is 16.8 Å². The molecule has 0 unspecified atom stereocenters. The highest BCUT2D eigenvalue weighted by molar-refractivity contribution is 5.96. The maximum absolute atomic E-state index is 11.2. The van der Waals surface area contributed by atoms with Crippen molar-refractivity contribution in [2.75, 3.05) is 0 Å². The molecule has 0 radical (unpaired) electrons. The van der Waals surface area contributed by atoms with Crippen molar-refractivity contribution in [3.63, 3.8) is 0 Å². The predicted octanol–water partition coefficient (Wildman–Crippen LogP) is 2.94. The number of fused-ring (bicyclic) bond motifs is 1. The van der Waals surface area contributed by atoms with Crippen molar-refractivity contribution in [3.8, 4) is 11.3 Å². The topological polar surface area (TPSA) is 55.1 Å². The van der Waals surface area contributed by atoms with Crippen LogP contribution in [-0.2, 0) is 7.05 Å². The van der Waals surface area contributed by atoms with E-state index < -0.39 is 5.97 Å². The third-order valence-electron chi connectivity index (χ3n) is 3.19. The molecule has 0 amide bonds. The van der Waals surface area contributed by atoms with Crippen LogP contribution in [0.5, 0.6) is 0 Å². The normalized spacial score (nSPS) is 10.8. The average Bonchev–Trinajstić information content (AvgIpc) is 2.80. The number of carboxylic acid groups (broad SMARTS) is 1. The summed E-state index contributed by atoms with van der Waals surface area (Å²) < 4.78 is 1.59. The summed E-state index contributed by atoms with van der Waals surface area (Å²) in [5, 5.41) is 15.4. The van der Waals surface area contributed by atoms with E-state index in [1.54, 1.807) is 11.7 Å². The largest absolute Gasteiger partial charge is 0.478 e. The molecule has 2 aromatic carbocycles. The van der Waals surface area contributed by atoms with Crippen molar-refractivity contribution < 1.29 is 9.90 Å². The van der Waals surface area contributed by atoms with Gasteiger partial charge < -0.3 is 5.11 Å². The number of benzene rings is 2. The van der Waals surface area contributed by atoms with Gasteiger partial charge in [0.1, 0.15) is 5.56 Å². The minimum absolute atomic E-state index is 0.220. The third kappa shape index (κ3) is 1.87. The number of nitrogens with zero attached hydrogens (tertiary/aromatic N) is 2. The van der Waals surface area contributed by atoms with Gasteiger partial charge in [-0.15, -0.1) is 0 Å². The van der Waals surface area contributed by atoms with Crippen LogP contribution in [0.25, 0.3) is 22.0 Å². The summed E-state index contributed by atoms with van der Waals surface area (Å²) in [5.41, 5.74) is 1.70. The van der Waals surface area contributed by atoms with Gasteiger partial charge in [-0.25, -0.2) is 4.79 Å².